The Labute approximate surface area is 129 Å². The minimum absolute atomic E-state index is 0.0923. The van der Waals surface area contributed by atoms with Crippen molar-refractivity contribution in [2.45, 2.75) is 12.5 Å². The third-order valence-corrected chi connectivity index (χ3v) is 3.85. The molecule has 3 rings (SSSR count). The average molecular weight is 297 g/mol. The van der Waals surface area contributed by atoms with Crippen LogP contribution in [0, 0.1) is 0 Å². The second-order valence-corrected chi connectivity index (χ2v) is 5.29. The molecular formula is C17H19N3O2. The molecule has 0 saturated carbocycles. The van der Waals surface area contributed by atoms with Gasteiger partial charge in [-0.15, -0.1) is 0 Å². The van der Waals surface area contributed by atoms with E-state index in [4.69, 9.17) is 4.74 Å². The molecular weight excluding hydrogens is 278 g/mol. The molecule has 114 valence electrons. The zero-order chi connectivity index (χ0) is 15.4. The lowest BCUT2D eigenvalue weighted by Gasteiger charge is -2.18. The second-order valence-electron chi connectivity index (χ2n) is 5.29. The first-order chi connectivity index (χ1) is 10.8. The fourth-order valence-corrected chi connectivity index (χ4v) is 2.72. The smallest absolute Gasteiger partial charge is 0.255 e. The lowest BCUT2D eigenvalue weighted by atomic mass is 10.1. The number of hydrogen-bond donors (Lipinski definition) is 1. The third kappa shape index (κ3) is 3.03. The number of pyridine rings is 1. The Morgan fingerprint density at radius 1 is 1.27 bits per heavy atom. The number of nitrogens with zero attached hydrogens (tertiary/aromatic N) is 2. The van der Waals surface area contributed by atoms with E-state index < -0.39 is 0 Å². The van der Waals surface area contributed by atoms with E-state index in [9.17, 15) is 4.79 Å². The van der Waals surface area contributed by atoms with Gasteiger partial charge in [0.15, 0.2) is 0 Å². The number of para-hydroxylation sites is 1. The number of benzene rings is 1. The van der Waals surface area contributed by atoms with Crippen molar-refractivity contribution in [3.05, 3.63) is 54.2 Å². The van der Waals surface area contributed by atoms with E-state index in [1.165, 1.54) is 0 Å². The molecule has 1 amide bonds. The van der Waals surface area contributed by atoms with Crippen molar-refractivity contribution in [3.8, 4) is 5.75 Å². The fraction of sp³-hybridized carbons (Fsp3) is 0.294. The van der Waals surface area contributed by atoms with Crippen LogP contribution in [0.4, 0.5) is 5.82 Å². The van der Waals surface area contributed by atoms with Crippen LogP contribution in [-0.2, 0) is 0 Å². The Morgan fingerprint density at radius 3 is 2.86 bits per heavy atom. The summed E-state index contributed by atoms with van der Waals surface area (Å²) in [5.41, 5.74) is 0.571. The van der Waals surface area contributed by atoms with Gasteiger partial charge in [0.2, 0.25) is 0 Å². The summed E-state index contributed by atoms with van der Waals surface area (Å²) in [5, 5.41) is 3.08. The first kappa shape index (κ1) is 14.4. The predicted octanol–water partition coefficient (Wildman–Crippen LogP) is 2.10. The highest BCUT2D eigenvalue weighted by Crippen LogP contribution is 2.20. The van der Waals surface area contributed by atoms with Gasteiger partial charge >= 0.3 is 0 Å². The number of amides is 1. The van der Waals surface area contributed by atoms with E-state index in [1.54, 1.807) is 25.4 Å². The van der Waals surface area contributed by atoms with Gasteiger partial charge in [0.25, 0.3) is 5.91 Å². The Bertz CT molecular complexity index is 645. The monoisotopic (exact) mass is 297 g/mol. The SMILES string of the molecule is COc1ccccc1C(=O)N[C@H]1CCN(c2ccccn2)C1. The quantitative estimate of drug-likeness (QED) is 0.939. The number of ether oxygens (including phenoxy) is 1. The Morgan fingerprint density at radius 2 is 2.09 bits per heavy atom. The lowest BCUT2D eigenvalue weighted by molar-refractivity contribution is 0.0937. The summed E-state index contributed by atoms with van der Waals surface area (Å²) in [6.07, 6.45) is 2.70. The summed E-state index contributed by atoms with van der Waals surface area (Å²) in [4.78, 5) is 18.9. The van der Waals surface area contributed by atoms with E-state index in [2.05, 4.69) is 15.2 Å². The number of methoxy groups -OCH3 is 1. The van der Waals surface area contributed by atoms with Crippen molar-refractivity contribution in [1.82, 2.24) is 10.3 Å². The maximum Gasteiger partial charge on any atom is 0.255 e. The van der Waals surface area contributed by atoms with Crippen molar-refractivity contribution in [2.75, 3.05) is 25.1 Å². The van der Waals surface area contributed by atoms with Crippen molar-refractivity contribution in [1.29, 1.82) is 0 Å². The van der Waals surface area contributed by atoms with Crippen LogP contribution in [0.1, 0.15) is 16.8 Å². The van der Waals surface area contributed by atoms with Gasteiger partial charge in [-0.2, -0.15) is 0 Å². The first-order valence-corrected chi connectivity index (χ1v) is 7.38. The summed E-state index contributed by atoms with van der Waals surface area (Å²) >= 11 is 0. The largest absolute Gasteiger partial charge is 0.496 e. The fourth-order valence-electron chi connectivity index (χ4n) is 2.72. The number of carbonyl (C=O) groups is 1. The van der Waals surface area contributed by atoms with E-state index in [0.717, 1.165) is 25.3 Å². The molecule has 0 bridgehead atoms. The van der Waals surface area contributed by atoms with Crippen LogP contribution in [0.5, 0.6) is 5.75 Å². The molecule has 0 spiro atoms. The maximum atomic E-state index is 12.4. The Kier molecular flexibility index (Phi) is 4.23. The molecule has 1 atom stereocenters. The van der Waals surface area contributed by atoms with Crippen LogP contribution in [0.3, 0.4) is 0 Å². The molecule has 5 nitrogen and oxygen atoms in total. The number of anilines is 1. The van der Waals surface area contributed by atoms with Gasteiger partial charge in [0, 0.05) is 25.3 Å². The Balaban J connectivity index is 1.64. The molecule has 1 fully saturated rings. The van der Waals surface area contributed by atoms with Crippen LogP contribution in [0.25, 0.3) is 0 Å². The summed E-state index contributed by atoms with van der Waals surface area (Å²) in [5.74, 6) is 1.46. The van der Waals surface area contributed by atoms with Crippen molar-refractivity contribution < 1.29 is 9.53 Å². The Hall–Kier alpha value is -2.56. The molecule has 1 aliphatic rings. The van der Waals surface area contributed by atoms with Crippen LogP contribution in [-0.4, -0.2) is 37.1 Å². The van der Waals surface area contributed by atoms with E-state index in [0.29, 0.717) is 11.3 Å². The summed E-state index contributed by atoms with van der Waals surface area (Å²) in [6.45, 7) is 1.67. The van der Waals surface area contributed by atoms with E-state index in [-0.39, 0.29) is 11.9 Å². The van der Waals surface area contributed by atoms with Gasteiger partial charge in [-0.3, -0.25) is 4.79 Å². The highest BCUT2D eigenvalue weighted by atomic mass is 16.5. The van der Waals surface area contributed by atoms with Gasteiger partial charge in [-0.1, -0.05) is 18.2 Å². The molecule has 1 N–H and O–H groups in total. The van der Waals surface area contributed by atoms with Crippen LogP contribution in [0.2, 0.25) is 0 Å². The maximum absolute atomic E-state index is 12.4. The molecule has 0 aliphatic carbocycles. The van der Waals surface area contributed by atoms with Gasteiger partial charge < -0.3 is 15.0 Å². The van der Waals surface area contributed by atoms with Crippen molar-refractivity contribution >= 4 is 11.7 Å². The highest BCUT2D eigenvalue weighted by molar-refractivity contribution is 5.97. The number of aromatic nitrogens is 1. The van der Waals surface area contributed by atoms with Crippen LogP contribution >= 0.6 is 0 Å². The summed E-state index contributed by atoms with van der Waals surface area (Å²) < 4.78 is 5.24. The van der Waals surface area contributed by atoms with Crippen LogP contribution in [0.15, 0.2) is 48.7 Å². The number of carbonyl (C=O) groups excluding carboxylic acids is 1. The molecule has 22 heavy (non-hydrogen) atoms. The minimum atomic E-state index is -0.0923. The molecule has 2 heterocycles. The zero-order valence-electron chi connectivity index (χ0n) is 12.5. The normalized spacial score (nSPS) is 17.3. The first-order valence-electron chi connectivity index (χ1n) is 7.38. The van der Waals surface area contributed by atoms with Gasteiger partial charge in [0.1, 0.15) is 11.6 Å². The summed E-state index contributed by atoms with van der Waals surface area (Å²) in [6, 6.07) is 13.3. The molecule has 1 aliphatic heterocycles. The molecule has 1 aromatic heterocycles. The molecule has 1 saturated heterocycles. The number of hydrogen-bond acceptors (Lipinski definition) is 4. The number of rotatable bonds is 4. The topological polar surface area (TPSA) is 54.5 Å². The molecule has 0 unspecified atom stereocenters. The standard InChI is InChI=1S/C17H19N3O2/c1-22-15-7-3-2-6-14(15)17(21)19-13-9-11-20(12-13)16-8-4-5-10-18-16/h2-8,10,13H,9,11-12H2,1H3,(H,19,21)/t13-/m0/s1. The predicted molar refractivity (Wildman–Crippen MR) is 85.3 cm³/mol. The zero-order valence-corrected chi connectivity index (χ0v) is 12.5. The van der Waals surface area contributed by atoms with E-state index >= 15 is 0 Å². The lowest BCUT2D eigenvalue weighted by Crippen LogP contribution is -2.37. The minimum Gasteiger partial charge on any atom is -0.496 e. The van der Waals surface area contributed by atoms with Crippen molar-refractivity contribution in [3.63, 3.8) is 0 Å². The van der Waals surface area contributed by atoms with Gasteiger partial charge in [-0.25, -0.2) is 4.98 Å². The third-order valence-electron chi connectivity index (χ3n) is 3.85. The molecule has 0 radical (unpaired) electrons. The van der Waals surface area contributed by atoms with Gasteiger partial charge in [-0.05, 0) is 30.7 Å². The van der Waals surface area contributed by atoms with Crippen LogP contribution < -0.4 is 15.0 Å². The molecule has 2 aromatic rings. The average Bonchev–Trinajstić information content (AvgIpc) is 3.04. The molecule has 1 aromatic carbocycles. The second kappa shape index (κ2) is 6.47. The highest BCUT2D eigenvalue weighted by Gasteiger charge is 2.25. The summed E-state index contributed by atoms with van der Waals surface area (Å²) in [7, 11) is 1.57. The molecule has 5 heteroatoms. The van der Waals surface area contributed by atoms with E-state index in [1.807, 2.05) is 30.3 Å². The van der Waals surface area contributed by atoms with Gasteiger partial charge in [0.05, 0.1) is 12.7 Å². The number of nitrogens with one attached hydrogen (secondary N) is 1. The van der Waals surface area contributed by atoms with Crippen molar-refractivity contribution in [2.24, 2.45) is 0 Å².